The normalized spacial score (nSPS) is 16.3. The molecular weight excluding hydrogens is 375 g/mol. The number of amides is 2. The van der Waals surface area contributed by atoms with Crippen molar-refractivity contribution < 1.29 is 18.0 Å². The molecule has 1 N–H and O–H groups in total. The van der Waals surface area contributed by atoms with E-state index in [9.17, 15) is 18.0 Å². The number of alkyl halides is 3. The van der Waals surface area contributed by atoms with Gasteiger partial charge in [0.15, 0.2) is 0 Å². The summed E-state index contributed by atoms with van der Waals surface area (Å²) in [7, 11) is 0. The molecule has 3 rings (SSSR count). The molecule has 1 aromatic carbocycles. The summed E-state index contributed by atoms with van der Waals surface area (Å²) >= 11 is 1.65. The molecule has 1 aliphatic heterocycles. The fraction of sp³-hybridized carbons (Fsp3) is 0.421. The van der Waals surface area contributed by atoms with Crippen LogP contribution < -0.4 is 10.2 Å². The van der Waals surface area contributed by atoms with Crippen molar-refractivity contribution in [1.29, 1.82) is 0 Å². The fourth-order valence-electron chi connectivity index (χ4n) is 3.08. The summed E-state index contributed by atoms with van der Waals surface area (Å²) in [5, 5.41) is 2.99. The Morgan fingerprint density at radius 2 is 1.85 bits per heavy atom. The molecule has 1 atom stereocenters. The lowest BCUT2D eigenvalue weighted by molar-refractivity contribution is -0.137. The number of benzene rings is 1. The fourth-order valence-corrected chi connectivity index (χ4v) is 3.96. The van der Waals surface area contributed by atoms with Gasteiger partial charge in [0.05, 0.1) is 11.6 Å². The van der Waals surface area contributed by atoms with Crippen molar-refractivity contribution in [3.8, 4) is 0 Å². The first-order valence-corrected chi connectivity index (χ1v) is 9.59. The number of rotatable bonds is 3. The summed E-state index contributed by atoms with van der Waals surface area (Å²) in [5.41, 5.74) is -0.118. The van der Waals surface area contributed by atoms with Crippen LogP contribution in [0.1, 0.15) is 28.3 Å². The number of hydrogen-bond donors (Lipinski definition) is 1. The van der Waals surface area contributed by atoms with Gasteiger partial charge in [-0.2, -0.15) is 13.2 Å². The van der Waals surface area contributed by atoms with Crippen molar-refractivity contribution in [3.05, 3.63) is 51.7 Å². The largest absolute Gasteiger partial charge is 0.416 e. The number of nitrogens with one attached hydrogen (secondary N) is 1. The number of hydrogen-bond acceptors (Lipinski definition) is 3. The van der Waals surface area contributed by atoms with E-state index in [1.807, 2.05) is 30.9 Å². The molecule has 1 aliphatic rings. The zero-order valence-corrected chi connectivity index (χ0v) is 16.0. The van der Waals surface area contributed by atoms with E-state index in [1.165, 1.54) is 10.9 Å². The Balaban J connectivity index is 1.56. The van der Waals surface area contributed by atoms with Crippen LogP contribution in [0.4, 0.5) is 23.7 Å². The highest BCUT2D eigenvalue weighted by Crippen LogP contribution is 2.32. The van der Waals surface area contributed by atoms with E-state index in [1.54, 1.807) is 22.3 Å². The minimum absolute atomic E-state index is 0.0716. The average Bonchev–Trinajstić information content (AvgIpc) is 3.08. The number of nitrogens with zero attached hydrogens (tertiary/aromatic N) is 2. The van der Waals surface area contributed by atoms with Gasteiger partial charge in [-0.05, 0) is 44.2 Å². The number of anilines is 1. The third-order valence-corrected chi connectivity index (χ3v) is 5.82. The Kier molecular flexibility index (Phi) is 5.64. The van der Waals surface area contributed by atoms with Gasteiger partial charge < -0.3 is 15.1 Å². The predicted molar refractivity (Wildman–Crippen MR) is 101 cm³/mol. The number of thiophene rings is 1. The Bertz CT molecular complexity index is 797. The average molecular weight is 397 g/mol. The van der Waals surface area contributed by atoms with Crippen molar-refractivity contribution in [1.82, 2.24) is 10.2 Å². The van der Waals surface area contributed by atoms with E-state index >= 15 is 0 Å². The molecule has 4 nitrogen and oxygen atoms in total. The lowest BCUT2D eigenvalue weighted by atomic mass is 10.1. The first-order valence-electron chi connectivity index (χ1n) is 8.78. The van der Waals surface area contributed by atoms with Crippen LogP contribution in [-0.2, 0) is 6.18 Å². The molecule has 8 heteroatoms. The summed E-state index contributed by atoms with van der Waals surface area (Å²) < 4.78 is 38.7. The molecule has 0 radical (unpaired) electrons. The van der Waals surface area contributed by atoms with Crippen molar-refractivity contribution in [2.24, 2.45) is 0 Å². The zero-order valence-electron chi connectivity index (χ0n) is 15.2. The summed E-state index contributed by atoms with van der Waals surface area (Å²) in [6.07, 6.45) is -4.35. The molecule has 0 aliphatic carbocycles. The maximum Gasteiger partial charge on any atom is 0.416 e. The maximum absolute atomic E-state index is 12.9. The van der Waals surface area contributed by atoms with Gasteiger partial charge in [-0.3, -0.25) is 0 Å². The SMILES string of the molecule is Cc1ccc(C(C)NC(=O)N2CCN(c3cccc(C(F)(F)F)c3)CC2)s1. The Morgan fingerprint density at radius 3 is 2.44 bits per heavy atom. The molecular formula is C19H22F3N3OS. The van der Waals surface area contributed by atoms with E-state index in [2.05, 4.69) is 5.32 Å². The van der Waals surface area contributed by atoms with Crippen molar-refractivity contribution >= 4 is 23.1 Å². The second kappa shape index (κ2) is 7.80. The number of aryl methyl sites for hydroxylation is 1. The van der Waals surface area contributed by atoms with Crippen LogP contribution in [-0.4, -0.2) is 37.1 Å². The molecule has 2 heterocycles. The maximum atomic E-state index is 12.9. The molecule has 0 saturated carbocycles. The molecule has 146 valence electrons. The third-order valence-electron chi connectivity index (χ3n) is 4.63. The molecule has 1 fully saturated rings. The predicted octanol–water partition coefficient (Wildman–Crippen LogP) is 4.67. The van der Waals surface area contributed by atoms with Gasteiger partial charge in [-0.15, -0.1) is 11.3 Å². The summed E-state index contributed by atoms with van der Waals surface area (Å²) in [4.78, 5) is 18.4. The molecule has 2 aromatic rings. The zero-order chi connectivity index (χ0) is 19.6. The molecule has 0 spiro atoms. The molecule has 1 unspecified atom stereocenters. The third kappa shape index (κ3) is 4.74. The first kappa shape index (κ1) is 19.5. The number of carbonyl (C=O) groups excluding carboxylic acids is 1. The molecule has 27 heavy (non-hydrogen) atoms. The number of urea groups is 1. The molecule has 0 bridgehead atoms. The summed E-state index contributed by atoms with van der Waals surface area (Å²) in [6.45, 7) is 5.91. The van der Waals surface area contributed by atoms with Crippen LogP contribution in [0.25, 0.3) is 0 Å². The Morgan fingerprint density at radius 1 is 1.15 bits per heavy atom. The number of piperazine rings is 1. The van der Waals surface area contributed by atoms with Gasteiger partial charge in [0, 0.05) is 41.6 Å². The van der Waals surface area contributed by atoms with Gasteiger partial charge in [-0.25, -0.2) is 4.79 Å². The van der Waals surface area contributed by atoms with Crippen LogP contribution in [0.15, 0.2) is 36.4 Å². The van der Waals surface area contributed by atoms with Crippen LogP contribution in [0.2, 0.25) is 0 Å². The smallest absolute Gasteiger partial charge is 0.368 e. The van der Waals surface area contributed by atoms with Gasteiger partial charge in [-0.1, -0.05) is 6.07 Å². The molecule has 1 saturated heterocycles. The first-order chi connectivity index (χ1) is 12.7. The van der Waals surface area contributed by atoms with Gasteiger partial charge in [0.2, 0.25) is 0 Å². The van der Waals surface area contributed by atoms with E-state index in [0.29, 0.717) is 31.9 Å². The van der Waals surface area contributed by atoms with Crippen LogP contribution in [0.5, 0.6) is 0 Å². The number of halogens is 3. The lowest BCUT2D eigenvalue weighted by Gasteiger charge is -2.36. The second-order valence-electron chi connectivity index (χ2n) is 6.64. The highest BCUT2D eigenvalue weighted by Gasteiger charge is 2.31. The second-order valence-corrected chi connectivity index (χ2v) is 7.96. The van der Waals surface area contributed by atoms with E-state index in [0.717, 1.165) is 17.0 Å². The van der Waals surface area contributed by atoms with Crippen LogP contribution in [0.3, 0.4) is 0 Å². The monoisotopic (exact) mass is 397 g/mol. The van der Waals surface area contributed by atoms with Gasteiger partial charge >= 0.3 is 12.2 Å². The van der Waals surface area contributed by atoms with Crippen molar-refractivity contribution in [2.75, 3.05) is 31.1 Å². The quantitative estimate of drug-likeness (QED) is 0.817. The molecule has 2 amide bonds. The van der Waals surface area contributed by atoms with Gasteiger partial charge in [0.1, 0.15) is 0 Å². The van der Waals surface area contributed by atoms with Crippen molar-refractivity contribution in [2.45, 2.75) is 26.1 Å². The standard InChI is InChI=1S/C19H22F3N3OS/c1-13-6-7-17(27-13)14(2)23-18(26)25-10-8-24(9-11-25)16-5-3-4-15(12-16)19(20,21)22/h3-7,12,14H,8-11H2,1-2H3,(H,23,26). The number of carbonyl (C=O) groups is 1. The van der Waals surface area contributed by atoms with Crippen LogP contribution in [0, 0.1) is 6.92 Å². The van der Waals surface area contributed by atoms with E-state index < -0.39 is 11.7 Å². The minimum Gasteiger partial charge on any atom is -0.368 e. The minimum atomic E-state index is -4.35. The highest BCUT2D eigenvalue weighted by atomic mass is 32.1. The van der Waals surface area contributed by atoms with Crippen molar-refractivity contribution in [3.63, 3.8) is 0 Å². The highest BCUT2D eigenvalue weighted by molar-refractivity contribution is 7.12. The molecule has 1 aromatic heterocycles. The summed E-state index contributed by atoms with van der Waals surface area (Å²) in [6, 6.07) is 9.15. The van der Waals surface area contributed by atoms with Gasteiger partial charge in [0.25, 0.3) is 0 Å². The van der Waals surface area contributed by atoms with E-state index in [4.69, 9.17) is 0 Å². The van der Waals surface area contributed by atoms with E-state index in [-0.39, 0.29) is 12.1 Å². The van der Waals surface area contributed by atoms with Crippen LogP contribution >= 0.6 is 11.3 Å². The Hall–Kier alpha value is -2.22. The summed E-state index contributed by atoms with van der Waals surface area (Å²) in [5.74, 6) is 0. The lowest BCUT2D eigenvalue weighted by Crippen LogP contribution is -2.52. The topological polar surface area (TPSA) is 35.6 Å². The Labute approximate surface area is 160 Å².